The Morgan fingerprint density at radius 3 is 2.63 bits per heavy atom. The van der Waals surface area contributed by atoms with E-state index in [1.807, 2.05) is 54.6 Å². The Balaban J connectivity index is 1.91. The standard InChI is InChI=1S/C15H13ClN2O/c16-13-2-1-3-14(10-13)18-11-12-4-6-15(7-5-12)19-9-8-17/h1-7,10,18H,9,11H2. The zero-order valence-corrected chi connectivity index (χ0v) is 11.0. The number of nitrogens with one attached hydrogen (secondary N) is 1. The van der Waals surface area contributed by atoms with Crippen LogP contribution in [0.1, 0.15) is 5.56 Å². The Morgan fingerprint density at radius 2 is 1.95 bits per heavy atom. The van der Waals surface area contributed by atoms with Gasteiger partial charge >= 0.3 is 0 Å². The molecule has 2 aromatic carbocycles. The molecule has 0 aromatic heterocycles. The highest BCUT2D eigenvalue weighted by Crippen LogP contribution is 2.17. The van der Waals surface area contributed by atoms with Gasteiger partial charge in [0.2, 0.25) is 0 Å². The fraction of sp³-hybridized carbons (Fsp3) is 0.133. The van der Waals surface area contributed by atoms with Gasteiger partial charge in [-0.1, -0.05) is 29.8 Å². The van der Waals surface area contributed by atoms with Gasteiger partial charge in [-0.2, -0.15) is 5.26 Å². The lowest BCUT2D eigenvalue weighted by atomic mass is 10.2. The van der Waals surface area contributed by atoms with Crippen LogP contribution in [0.15, 0.2) is 48.5 Å². The van der Waals surface area contributed by atoms with E-state index < -0.39 is 0 Å². The number of nitrogens with zero attached hydrogens (tertiary/aromatic N) is 1. The lowest BCUT2D eigenvalue weighted by molar-refractivity contribution is 0.368. The monoisotopic (exact) mass is 272 g/mol. The minimum Gasteiger partial charge on any atom is -0.479 e. The van der Waals surface area contributed by atoms with Crippen LogP contribution >= 0.6 is 11.6 Å². The number of halogens is 1. The number of anilines is 1. The van der Waals surface area contributed by atoms with Crippen LogP contribution in [-0.2, 0) is 6.54 Å². The minimum absolute atomic E-state index is 0.0696. The summed E-state index contributed by atoms with van der Waals surface area (Å²) < 4.78 is 5.19. The lowest BCUT2D eigenvalue weighted by Gasteiger charge is -2.08. The van der Waals surface area contributed by atoms with E-state index in [1.54, 1.807) is 0 Å². The molecule has 0 saturated carbocycles. The van der Waals surface area contributed by atoms with Crippen molar-refractivity contribution in [2.75, 3.05) is 11.9 Å². The highest BCUT2D eigenvalue weighted by Gasteiger charge is 1.97. The largest absolute Gasteiger partial charge is 0.479 e. The summed E-state index contributed by atoms with van der Waals surface area (Å²) in [5.41, 5.74) is 2.11. The summed E-state index contributed by atoms with van der Waals surface area (Å²) in [5.74, 6) is 0.702. The Morgan fingerprint density at radius 1 is 1.16 bits per heavy atom. The molecule has 2 aromatic rings. The fourth-order valence-electron chi connectivity index (χ4n) is 1.62. The number of rotatable bonds is 5. The van der Waals surface area contributed by atoms with Gasteiger partial charge in [0.05, 0.1) is 0 Å². The summed E-state index contributed by atoms with van der Waals surface area (Å²) in [7, 11) is 0. The molecular formula is C15H13ClN2O. The van der Waals surface area contributed by atoms with Gasteiger partial charge in [-0.3, -0.25) is 0 Å². The molecule has 0 amide bonds. The van der Waals surface area contributed by atoms with E-state index in [0.29, 0.717) is 17.3 Å². The Kier molecular flexibility index (Phi) is 4.66. The number of ether oxygens (including phenoxy) is 1. The molecule has 0 atom stereocenters. The summed E-state index contributed by atoms with van der Waals surface area (Å²) in [6.07, 6.45) is 0. The van der Waals surface area contributed by atoms with Crippen LogP contribution in [0.25, 0.3) is 0 Å². The van der Waals surface area contributed by atoms with Gasteiger partial charge in [0.1, 0.15) is 11.8 Å². The van der Waals surface area contributed by atoms with Gasteiger partial charge in [-0.15, -0.1) is 0 Å². The molecule has 19 heavy (non-hydrogen) atoms. The number of nitriles is 1. The number of benzene rings is 2. The summed E-state index contributed by atoms with van der Waals surface area (Å²) >= 11 is 5.91. The molecule has 0 fully saturated rings. The molecule has 0 aliphatic carbocycles. The van der Waals surface area contributed by atoms with Gasteiger partial charge in [0.25, 0.3) is 0 Å². The molecule has 0 radical (unpaired) electrons. The molecular weight excluding hydrogens is 260 g/mol. The van der Waals surface area contributed by atoms with Crippen LogP contribution in [0.2, 0.25) is 5.02 Å². The van der Waals surface area contributed by atoms with Crippen LogP contribution < -0.4 is 10.1 Å². The van der Waals surface area contributed by atoms with Gasteiger partial charge in [-0.05, 0) is 35.9 Å². The summed E-state index contributed by atoms with van der Waals surface area (Å²) in [5, 5.41) is 12.4. The maximum Gasteiger partial charge on any atom is 0.174 e. The zero-order chi connectivity index (χ0) is 13.5. The third kappa shape index (κ3) is 4.20. The van der Waals surface area contributed by atoms with Crippen LogP contribution in [0.4, 0.5) is 5.69 Å². The van der Waals surface area contributed by atoms with Crippen LogP contribution in [0.5, 0.6) is 5.75 Å². The molecule has 0 spiro atoms. The fourth-order valence-corrected chi connectivity index (χ4v) is 1.81. The average molecular weight is 273 g/mol. The van der Waals surface area contributed by atoms with Gasteiger partial charge in [0.15, 0.2) is 6.61 Å². The first-order valence-electron chi connectivity index (χ1n) is 5.86. The van der Waals surface area contributed by atoms with Gasteiger partial charge in [0, 0.05) is 17.3 Å². The number of hydrogen-bond donors (Lipinski definition) is 1. The average Bonchev–Trinajstić information content (AvgIpc) is 2.44. The molecule has 4 heteroatoms. The third-order valence-corrected chi connectivity index (χ3v) is 2.78. The van der Waals surface area contributed by atoms with Crippen molar-refractivity contribution < 1.29 is 4.74 Å². The molecule has 3 nitrogen and oxygen atoms in total. The highest BCUT2D eigenvalue weighted by atomic mass is 35.5. The van der Waals surface area contributed by atoms with Crippen LogP contribution in [0.3, 0.4) is 0 Å². The van der Waals surface area contributed by atoms with Crippen molar-refractivity contribution in [2.24, 2.45) is 0 Å². The van der Waals surface area contributed by atoms with E-state index in [9.17, 15) is 0 Å². The third-order valence-electron chi connectivity index (χ3n) is 2.55. The molecule has 0 aliphatic heterocycles. The summed E-state index contributed by atoms with van der Waals surface area (Å²) in [6, 6.07) is 17.2. The lowest BCUT2D eigenvalue weighted by Crippen LogP contribution is -1.99. The first-order chi connectivity index (χ1) is 9.28. The minimum atomic E-state index is 0.0696. The van der Waals surface area contributed by atoms with Crippen molar-refractivity contribution in [3.8, 4) is 11.8 Å². The molecule has 0 unspecified atom stereocenters. The Labute approximate surface area is 117 Å². The molecule has 0 saturated heterocycles. The normalized spacial score (nSPS) is 9.68. The van der Waals surface area contributed by atoms with Crippen molar-refractivity contribution in [3.05, 3.63) is 59.1 Å². The zero-order valence-electron chi connectivity index (χ0n) is 10.3. The maximum atomic E-state index is 8.42. The molecule has 1 N–H and O–H groups in total. The molecule has 2 rings (SSSR count). The SMILES string of the molecule is N#CCOc1ccc(CNc2cccc(Cl)c2)cc1. The van der Waals surface area contributed by atoms with Crippen LogP contribution in [-0.4, -0.2) is 6.61 Å². The molecule has 0 bridgehead atoms. The highest BCUT2D eigenvalue weighted by molar-refractivity contribution is 6.30. The molecule has 96 valence electrons. The predicted molar refractivity (Wildman–Crippen MR) is 76.3 cm³/mol. The second kappa shape index (κ2) is 6.67. The van der Waals surface area contributed by atoms with E-state index in [1.165, 1.54) is 0 Å². The predicted octanol–water partition coefficient (Wildman–Crippen LogP) is 3.85. The second-order valence-electron chi connectivity index (χ2n) is 3.95. The van der Waals surface area contributed by atoms with Crippen molar-refractivity contribution in [3.63, 3.8) is 0 Å². The first-order valence-corrected chi connectivity index (χ1v) is 6.24. The van der Waals surface area contributed by atoms with E-state index in [-0.39, 0.29) is 6.61 Å². The smallest absolute Gasteiger partial charge is 0.174 e. The Hall–Kier alpha value is -2.18. The van der Waals surface area contributed by atoms with Gasteiger partial charge in [-0.25, -0.2) is 0 Å². The second-order valence-corrected chi connectivity index (χ2v) is 4.39. The summed E-state index contributed by atoms with van der Waals surface area (Å²) in [4.78, 5) is 0. The van der Waals surface area contributed by atoms with Crippen molar-refractivity contribution in [2.45, 2.75) is 6.54 Å². The molecule has 0 heterocycles. The summed E-state index contributed by atoms with van der Waals surface area (Å²) in [6.45, 7) is 0.777. The number of hydrogen-bond acceptors (Lipinski definition) is 3. The van der Waals surface area contributed by atoms with E-state index in [0.717, 1.165) is 11.3 Å². The van der Waals surface area contributed by atoms with E-state index >= 15 is 0 Å². The molecule has 0 aliphatic rings. The Bertz CT molecular complexity index is 575. The van der Waals surface area contributed by atoms with E-state index in [4.69, 9.17) is 21.6 Å². The van der Waals surface area contributed by atoms with Gasteiger partial charge < -0.3 is 10.1 Å². The van der Waals surface area contributed by atoms with Crippen molar-refractivity contribution in [1.82, 2.24) is 0 Å². The topological polar surface area (TPSA) is 45.0 Å². The van der Waals surface area contributed by atoms with Crippen molar-refractivity contribution in [1.29, 1.82) is 5.26 Å². The van der Waals surface area contributed by atoms with E-state index in [2.05, 4.69) is 5.32 Å². The van der Waals surface area contributed by atoms with Crippen LogP contribution in [0, 0.1) is 11.3 Å². The maximum absolute atomic E-state index is 8.42. The first kappa shape index (κ1) is 13.3. The van der Waals surface area contributed by atoms with Crippen molar-refractivity contribution >= 4 is 17.3 Å². The quantitative estimate of drug-likeness (QED) is 0.899.